The first kappa shape index (κ1) is 20.7. The molecule has 6 nitrogen and oxygen atoms in total. The van der Waals surface area contributed by atoms with Crippen molar-refractivity contribution in [2.75, 3.05) is 31.6 Å². The van der Waals surface area contributed by atoms with E-state index in [1.807, 2.05) is 18.2 Å². The second kappa shape index (κ2) is 10.5. The first-order chi connectivity index (χ1) is 13.0. The highest BCUT2D eigenvalue weighted by Crippen LogP contribution is 2.21. The normalized spacial score (nSPS) is 11.9. The van der Waals surface area contributed by atoms with E-state index in [-0.39, 0.29) is 11.3 Å². The summed E-state index contributed by atoms with van der Waals surface area (Å²) in [6, 6.07) is 14.7. The zero-order valence-corrected chi connectivity index (χ0v) is 15.8. The van der Waals surface area contributed by atoms with E-state index in [0.29, 0.717) is 12.1 Å². The van der Waals surface area contributed by atoms with Gasteiger partial charge in [-0.3, -0.25) is 4.79 Å². The zero-order chi connectivity index (χ0) is 19.6. The Kier molecular flexibility index (Phi) is 8.10. The highest BCUT2D eigenvalue weighted by molar-refractivity contribution is 5.95. The van der Waals surface area contributed by atoms with E-state index in [2.05, 4.69) is 29.4 Å². The van der Waals surface area contributed by atoms with Crippen LogP contribution >= 0.6 is 0 Å². The number of carbonyl (C=O) groups is 1. The van der Waals surface area contributed by atoms with Gasteiger partial charge in [0.1, 0.15) is 5.75 Å². The molecule has 146 valence electrons. The third-order valence-corrected chi connectivity index (χ3v) is 4.55. The molecule has 1 amide bonds. The van der Waals surface area contributed by atoms with E-state index in [1.165, 1.54) is 17.8 Å². The maximum atomic E-state index is 11.3. The number of para-hydroxylation sites is 1. The van der Waals surface area contributed by atoms with Gasteiger partial charge in [0.15, 0.2) is 0 Å². The van der Waals surface area contributed by atoms with Gasteiger partial charge >= 0.3 is 0 Å². The molecule has 2 aromatic rings. The van der Waals surface area contributed by atoms with Crippen LogP contribution in [0.5, 0.6) is 5.75 Å². The molecule has 0 fully saturated rings. The summed E-state index contributed by atoms with van der Waals surface area (Å²) in [4.78, 5) is 13.5. The molecule has 0 aromatic heterocycles. The van der Waals surface area contributed by atoms with Crippen molar-refractivity contribution < 1.29 is 15.0 Å². The third kappa shape index (κ3) is 6.58. The molecule has 0 spiro atoms. The molecule has 0 saturated heterocycles. The molecule has 5 N–H and O–H groups in total. The molecular formula is C21H29N3O3. The summed E-state index contributed by atoms with van der Waals surface area (Å²) in [6.45, 7) is 2.20. The molecule has 1 atom stereocenters. The van der Waals surface area contributed by atoms with Gasteiger partial charge in [-0.25, -0.2) is 0 Å². The highest BCUT2D eigenvalue weighted by atomic mass is 16.3. The Labute approximate surface area is 160 Å². The summed E-state index contributed by atoms with van der Waals surface area (Å²) in [5.41, 5.74) is 7.01. The number of phenols is 1. The highest BCUT2D eigenvalue weighted by Gasteiger charge is 2.13. The van der Waals surface area contributed by atoms with E-state index in [4.69, 9.17) is 5.73 Å². The van der Waals surface area contributed by atoms with Gasteiger partial charge in [0.2, 0.25) is 0 Å². The first-order valence-corrected chi connectivity index (χ1v) is 9.26. The smallest absolute Gasteiger partial charge is 0.252 e. The number of hydrogen-bond donors (Lipinski definition) is 4. The monoisotopic (exact) mass is 371 g/mol. The number of primary amides is 1. The Morgan fingerprint density at radius 3 is 2.59 bits per heavy atom. The number of nitrogens with zero attached hydrogens (tertiary/aromatic N) is 1. The zero-order valence-electron chi connectivity index (χ0n) is 15.8. The maximum absolute atomic E-state index is 11.3. The number of nitrogens with one attached hydrogen (secondary N) is 1. The van der Waals surface area contributed by atoms with Crippen molar-refractivity contribution in [1.29, 1.82) is 0 Å². The van der Waals surface area contributed by atoms with Crippen molar-refractivity contribution in [3.63, 3.8) is 0 Å². The second-order valence-electron chi connectivity index (χ2n) is 6.68. The molecule has 0 aliphatic heterocycles. The summed E-state index contributed by atoms with van der Waals surface area (Å²) in [5, 5.41) is 23.0. The van der Waals surface area contributed by atoms with Crippen LogP contribution in [-0.4, -0.2) is 42.8 Å². The average molecular weight is 371 g/mol. The molecule has 0 aliphatic carbocycles. The van der Waals surface area contributed by atoms with Gasteiger partial charge in [-0.1, -0.05) is 30.7 Å². The van der Waals surface area contributed by atoms with Crippen molar-refractivity contribution in [3.05, 3.63) is 59.7 Å². The largest absolute Gasteiger partial charge is 0.507 e. The number of aromatic hydroxyl groups is 1. The lowest BCUT2D eigenvalue weighted by atomic mass is 10.0. The molecular weight excluding hydrogens is 342 g/mol. The van der Waals surface area contributed by atoms with E-state index in [0.717, 1.165) is 32.4 Å². The van der Waals surface area contributed by atoms with Crippen LogP contribution in [0.2, 0.25) is 0 Å². The van der Waals surface area contributed by atoms with Crippen molar-refractivity contribution in [2.24, 2.45) is 5.73 Å². The van der Waals surface area contributed by atoms with Gasteiger partial charge < -0.3 is 26.2 Å². The first-order valence-electron chi connectivity index (χ1n) is 9.26. The van der Waals surface area contributed by atoms with Crippen molar-refractivity contribution in [2.45, 2.75) is 25.4 Å². The Hall–Kier alpha value is -2.57. The summed E-state index contributed by atoms with van der Waals surface area (Å²) < 4.78 is 0. The summed E-state index contributed by atoms with van der Waals surface area (Å²) in [5.74, 6) is -0.887. The van der Waals surface area contributed by atoms with E-state index in [1.54, 1.807) is 6.07 Å². The molecule has 0 bridgehead atoms. The Morgan fingerprint density at radius 2 is 1.89 bits per heavy atom. The van der Waals surface area contributed by atoms with Crippen LogP contribution in [0.3, 0.4) is 0 Å². The fourth-order valence-electron chi connectivity index (χ4n) is 2.90. The topological polar surface area (TPSA) is 98.8 Å². The molecule has 0 aliphatic rings. The average Bonchev–Trinajstić information content (AvgIpc) is 2.67. The fourth-order valence-corrected chi connectivity index (χ4v) is 2.90. The quantitative estimate of drug-likeness (QED) is 0.455. The Bertz CT molecular complexity index is 722. The molecule has 0 saturated carbocycles. The standard InChI is InChI=1S/C21H29N3O3/c1-24(17-8-4-2-5-9-17)13-7-3-6-12-23-15-20(26)16-10-11-19(25)18(14-16)21(22)27/h2,4-5,8-11,14,20,23,25-26H,3,6-7,12-13,15H2,1H3,(H2,22,27). The van der Waals surface area contributed by atoms with Gasteiger partial charge in [0.05, 0.1) is 11.7 Å². The van der Waals surface area contributed by atoms with Gasteiger partial charge in [-0.2, -0.15) is 0 Å². The Morgan fingerprint density at radius 1 is 1.15 bits per heavy atom. The minimum Gasteiger partial charge on any atom is -0.507 e. The van der Waals surface area contributed by atoms with Crippen LogP contribution in [0.1, 0.15) is 41.3 Å². The predicted octanol–water partition coefficient (Wildman–Crippen LogP) is 2.42. The number of anilines is 1. The predicted molar refractivity (Wildman–Crippen MR) is 108 cm³/mol. The number of hydrogen-bond acceptors (Lipinski definition) is 5. The van der Waals surface area contributed by atoms with Crippen LogP contribution in [0, 0.1) is 0 Å². The molecule has 27 heavy (non-hydrogen) atoms. The van der Waals surface area contributed by atoms with Gasteiger partial charge in [0, 0.05) is 25.8 Å². The summed E-state index contributed by atoms with van der Waals surface area (Å²) >= 11 is 0. The number of aliphatic hydroxyl groups is 1. The molecule has 2 aromatic carbocycles. The number of rotatable bonds is 11. The lowest BCUT2D eigenvalue weighted by molar-refractivity contribution is 0.0997. The number of aliphatic hydroxyl groups excluding tert-OH is 1. The fraction of sp³-hybridized carbons (Fsp3) is 0.381. The van der Waals surface area contributed by atoms with E-state index >= 15 is 0 Å². The SMILES string of the molecule is CN(CCCCCNCC(O)c1ccc(O)c(C(N)=O)c1)c1ccccc1. The Balaban J connectivity index is 1.63. The number of nitrogens with two attached hydrogens (primary N) is 1. The number of amides is 1. The van der Waals surface area contributed by atoms with Crippen molar-refractivity contribution in [1.82, 2.24) is 5.32 Å². The molecule has 6 heteroatoms. The lowest BCUT2D eigenvalue weighted by Gasteiger charge is -2.19. The molecule has 1 unspecified atom stereocenters. The second-order valence-corrected chi connectivity index (χ2v) is 6.68. The molecule has 0 radical (unpaired) electrons. The number of benzene rings is 2. The lowest BCUT2D eigenvalue weighted by Crippen LogP contribution is -2.23. The number of unbranched alkanes of at least 4 members (excludes halogenated alkanes) is 2. The summed E-state index contributed by atoms with van der Waals surface area (Å²) in [7, 11) is 2.10. The maximum Gasteiger partial charge on any atom is 0.252 e. The van der Waals surface area contributed by atoms with E-state index in [9.17, 15) is 15.0 Å². The van der Waals surface area contributed by atoms with Crippen LogP contribution in [0.25, 0.3) is 0 Å². The summed E-state index contributed by atoms with van der Waals surface area (Å²) in [6.07, 6.45) is 2.48. The van der Waals surface area contributed by atoms with Crippen molar-refractivity contribution >= 4 is 11.6 Å². The molecule has 2 rings (SSSR count). The third-order valence-electron chi connectivity index (χ3n) is 4.55. The van der Waals surface area contributed by atoms with Crippen LogP contribution in [0.15, 0.2) is 48.5 Å². The van der Waals surface area contributed by atoms with E-state index < -0.39 is 12.0 Å². The van der Waals surface area contributed by atoms with Crippen LogP contribution < -0.4 is 16.0 Å². The minimum absolute atomic E-state index is 0.0223. The number of carbonyl (C=O) groups excluding carboxylic acids is 1. The minimum atomic E-state index is -0.757. The van der Waals surface area contributed by atoms with Crippen LogP contribution in [-0.2, 0) is 0 Å². The molecule has 0 heterocycles. The van der Waals surface area contributed by atoms with Crippen LogP contribution in [0.4, 0.5) is 5.69 Å². The van der Waals surface area contributed by atoms with Crippen molar-refractivity contribution in [3.8, 4) is 5.75 Å². The van der Waals surface area contributed by atoms with Gasteiger partial charge in [-0.05, 0) is 49.2 Å². The van der Waals surface area contributed by atoms with Gasteiger partial charge in [-0.15, -0.1) is 0 Å². The van der Waals surface area contributed by atoms with Gasteiger partial charge in [0.25, 0.3) is 5.91 Å².